The molecule has 1 spiro atoms. The van der Waals surface area contributed by atoms with Crippen molar-refractivity contribution in [2.45, 2.75) is 5.41 Å². The van der Waals surface area contributed by atoms with Gasteiger partial charge in [-0.1, -0.05) is 352 Å². The van der Waals surface area contributed by atoms with E-state index in [4.69, 9.17) is 28.2 Å². The maximum absolute atomic E-state index is 6.47. The molecule has 2 aliphatic rings. The van der Waals surface area contributed by atoms with Crippen LogP contribution in [-0.4, -0.2) is 15.0 Å². The van der Waals surface area contributed by atoms with Crippen molar-refractivity contribution in [2.24, 2.45) is 0 Å². The summed E-state index contributed by atoms with van der Waals surface area (Å²) in [4.78, 5) is 17.1. The molecule has 0 bridgehead atoms. The van der Waals surface area contributed by atoms with Crippen LogP contribution < -0.4 is 4.90 Å². The van der Waals surface area contributed by atoms with Crippen molar-refractivity contribution in [3.8, 4) is 89.1 Å². The van der Waals surface area contributed by atoms with Crippen LogP contribution in [0.1, 0.15) is 22.3 Å². The van der Waals surface area contributed by atoms with Crippen LogP contribution in [0.15, 0.2) is 499 Å². The van der Waals surface area contributed by atoms with E-state index in [1.54, 1.807) is 11.3 Å². The summed E-state index contributed by atoms with van der Waals surface area (Å²) < 4.78 is 20.4. The lowest BCUT2D eigenvalue weighted by Crippen LogP contribution is -2.25. The third-order valence-electron chi connectivity index (χ3n) is 29.6. The molecular weight excluding hydrogens is 1750 g/mol. The summed E-state index contributed by atoms with van der Waals surface area (Å²) in [6, 6.07) is 175. The molecule has 142 heavy (non-hydrogen) atoms. The van der Waals surface area contributed by atoms with Crippen molar-refractivity contribution < 1.29 is 13.3 Å². The number of para-hydroxylation sites is 2. The molecule has 25 aromatic carbocycles. The topological polar surface area (TPSA) is 81.3 Å². The number of anilines is 3. The van der Waals surface area contributed by atoms with E-state index in [9.17, 15) is 0 Å². The molecule has 0 amide bonds. The molecule has 7 nitrogen and oxygen atoms in total. The van der Waals surface area contributed by atoms with Gasteiger partial charge in [0.15, 0.2) is 11.2 Å². The molecule has 0 atom stereocenters. The number of thiazole rings is 1. The average molecular weight is 1830 g/mol. The monoisotopic (exact) mass is 1820 g/mol. The van der Waals surface area contributed by atoms with Gasteiger partial charge in [0, 0.05) is 66.8 Å². The third-order valence-corrected chi connectivity index (χ3v) is 30.7. The molecule has 0 N–H and O–H groups in total. The van der Waals surface area contributed by atoms with Crippen molar-refractivity contribution in [1.29, 1.82) is 0 Å². The van der Waals surface area contributed by atoms with E-state index >= 15 is 0 Å². The Bertz CT molecular complexity index is 10200. The van der Waals surface area contributed by atoms with Gasteiger partial charge in [-0.25, -0.2) is 15.0 Å². The maximum Gasteiger partial charge on any atom is 0.227 e. The molecular formula is C134H80N4O3S. The SMILES string of the molecule is c1ccc(-c2nc3ccc4ccc5ccc(-c6ccc(N(c7ccccc7)c7ccc8c(c7)oc7ccccc78)cc6)cc5c4c3o2)cc1.c1ccc(-c2nc3ccc4ccc5ccc(-c6ccc7c(c6)C6(c8ccccc8-c8ccccc86)c6cc8ccccc8cc6-7)cc5c4c3s2)cc1.c1ccc(-c2nc3ccc4ccc5ccc(-c6ccc7c8ccccc8c8ccccc8c7c6)cc5c4c3o2)cc1. The van der Waals surface area contributed by atoms with E-state index in [1.165, 1.54) is 147 Å². The molecule has 4 aromatic heterocycles. The number of furan rings is 1. The second-order valence-corrected chi connectivity index (χ2v) is 38.4. The fourth-order valence-corrected chi connectivity index (χ4v) is 24.1. The van der Waals surface area contributed by atoms with Gasteiger partial charge < -0.3 is 18.2 Å². The van der Waals surface area contributed by atoms with Gasteiger partial charge in [0.1, 0.15) is 27.2 Å². The maximum atomic E-state index is 6.47. The average Bonchev–Trinajstić information content (AvgIpc) is 1.50. The fraction of sp³-hybridized carbons (Fsp3) is 0.00746. The van der Waals surface area contributed by atoms with Crippen LogP contribution in [0.4, 0.5) is 17.1 Å². The second kappa shape index (κ2) is 32.3. The zero-order valence-corrected chi connectivity index (χ0v) is 77.4. The zero-order chi connectivity index (χ0) is 93.2. The Morgan fingerprint density at radius 2 is 0.577 bits per heavy atom. The predicted molar refractivity (Wildman–Crippen MR) is 594 cm³/mol. The van der Waals surface area contributed by atoms with Crippen LogP contribution in [-0.2, 0) is 5.41 Å². The van der Waals surface area contributed by atoms with Crippen molar-refractivity contribution in [3.63, 3.8) is 0 Å². The summed E-state index contributed by atoms with van der Waals surface area (Å²) >= 11 is 1.79. The normalized spacial score (nSPS) is 12.4. The van der Waals surface area contributed by atoms with Gasteiger partial charge in [0.05, 0.1) is 15.6 Å². The summed E-state index contributed by atoms with van der Waals surface area (Å²) in [5, 5.41) is 27.8. The number of benzene rings is 25. The molecule has 0 saturated heterocycles. The van der Waals surface area contributed by atoms with Gasteiger partial charge in [0.25, 0.3) is 0 Å². The molecule has 4 heterocycles. The highest BCUT2D eigenvalue weighted by atomic mass is 32.1. The molecule has 31 rings (SSSR count). The number of rotatable bonds is 9. The van der Waals surface area contributed by atoms with E-state index in [1.807, 2.05) is 84.9 Å². The van der Waals surface area contributed by atoms with Gasteiger partial charge in [-0.05, 0) is 297 Å². The number of fused-ring (bicyclic) bond motifs is 35. The Labute approximate surface area is 819 Å². The van der Waals surface area contributed by atoms with Crippen LogP contribution in [0.5, 0.6) is 0 Å². The van der Waals surface area contributed by atoms with Crippen molar-refractivity contribution >= 4 is 190 Å². The Morgan fingerprint density at radius 1 is 0.197 bits per heavy atom. The summed E-state index contributed by atoms with van der Waals surface area (Å²) in [5.41, 5.74) is 30.0. The lowest BCUT2D eigenvalue weighted by atomic mass is 9.70. The lowest BCUT2D eigenvalue weighted by molar-refractivity contribution is 0.623. The fourth-order valence-electron chi connectivity index (χ4n) is 23.0. The Morgan fingerprint density at radius 3 is 1.16 bits per heavy atom. The Balaban J connectivity index is 0.000000102. The van der Waals surface area contributed by atoms with Crippen LogP contribution in [0.3, 0.4) is 0 Å². The van der Waals surface area contributed by atoms with Gasteiger partial charge >= 0.3 is 0 Å². The molecule has 0 fully saturated rings. The summed E-state index contributed by atoms with van der Waals surface area (Å²) in [7, 11) is 0. The number of hydrogen-bond donors (Lipinski definition) is 0. The first-order valence-corrected chi connectivity index (χ1v) is 49.2. The quantitative estimate of drug-likeness (QED) is 0.133. The smallest absolute Gasteiger partial charge is 0.227 e. The number of nitrogens with zero attached hydrogens (tertiary/aromatic N) is 4. The third kappa shape index (κ3) is 12.9. The first kappa shape index (κ1) is 80.8. The standard InChI is InChI=1S/C50H29NS.C45H28N2O2.C39H23NO/c1-2-10-32(11-3-1)49-51-46-25-23-31-20-18-30-19-21-35(26-40(30)47(31)48(46)52-49)36-22-24-39-41-27-33-12-4-5-13-34(33)28-45(41)50(44(39)29-36)42-16-8-6-14-37(42)38-15-7-9-17-43(38)50;1-3-9-32(10-4-1)45-46-40-26-21-31-17-15-30-16-18-33(27-39(30)43(31)44(40)49-45)29-19-22-35(23-20-29)47(34-11-5-2-6-12-34)36-24-25-38-37-13-7-8-14-41(37)48-42(38)28-36;1-2-8-26(9-3-1)39-40-36-21-19-25-16-14-24-15-17-27(22-34(24)37(25)38(36)41-39)28-18-20-33-31-12-5-4-10-29(31)30-11-6-7-13-32(30)35(33)23-28/h1-29H;1-28H;1-23H. The van der Waals surface area contributed by atoms with E-state index in [-0.39, 0.29) is 0 Å². The minimum absolute atomic E-state index is 0.399. The zero-order valence-electron chi connectivity index (χ0n) is 76.6. The van der Waals surface area contributed by atoms with Crippen molar-refractivity contribution in [1.82, 2.24) is 15.0 Å². The predicted octanol–water partition coefficient (Wildman–Crippen LogP) is 37.2. The molecule has 660 valence electrons. The molecule has 2 aliphatic carbocycles. The highest BCUT2D eigenvalue weighted by Crippen LogP contribution is 2.64. The molecule has 0 unspecified atom stereocenters. The van der Waals surface area contributed by atoms with Gasteiger partial charge in [0.2, 0.25) is 11.8 Å². The Kier molecular flexibility index (Phi) is 18.4. The summed E-state index contributed by atoms with van der Waals surface area (Å²) in [6.07, 6.45) is 0. The van der Waals surface area contributed by atoms with E-state index in [0.29, 0.717) is 11.8 Å². The second-order valence-electron chi connectivity index (χ2n) is 37.4. The largest absolute Gasteiger partial charge is 0.456 e. The van der Waals surface area contributed by atoms with E-state index < -0.39 is 5.41 Å². The lowest BCUT2D eigenvalue weighted by Gasteiger charge is -2.31. The molecule has 0 aliphatic heterocycles. The number of oxazole rings is 2. The van der Waals surface area contributed by atoms with Crippen LogP contribution in [0.2, 0.25) is 0 Å². The number of hydrogen-bond acceptors (Lipinski definition) is 8. The van der Waals surface area contributed by atoms with Crippen LogP contribution in [0, 0.1) is 0 Å². The highest BCUT2D eigenvalue weighted by molar-refractivity contribution is 7.22. The minimum atomic E-state index is -0.399. The minimum Gasteiger partial charge on any atom is -0.456 e. The Hall–Kier alpha value is -18.5. The van der Waals surface area contributed by atoms with Crippen molar-refractivity contribution in [3.05, 3.63) is 508 Å². The molecule has 0 radical (unpaired) electrons. The van der Waals surface area contributed by atoms with E-state index in [0.717, 1.165) is 132 Å². The highest BCUT2D eigenvalue weighted by Gasteiger charge is 2.52. The van der Waals surface area contributed by atoms with Crippen molar-refractivity contribution in [2.75, 3.05) is 4.90 Å². The van der Waals surface area contributed by atoms with Gasteiger partial charge in [-0.2, -0.15) is 0 Å². The molecule has 29 aromatic rings. The first-order valence-electron chi connectivity index (χ1n) is 48.4. The van der Waals surface area contributed by atoms with Crippen LogP contribution in [0.25, 0.3) is 251 Å². The van der Waals surface area contributed by atoms with Gasteiger partial charge in [-0.3, -0.25) is 0 Å². The first-order chi connectivity index (χ1) is 70.3. The molecule has 8 heteroatoms. The number of aromatic nitrogens is 3. The molecule has 0 saturated carbocycles. The van der Waals surface area contributed by atoms with E-state index in [2.05, 4.69) is 405 Å². The van der Waals surface area contributed by atoms with Crippen LogP contribution >= 0.6 is 11.3 Å². The summed E-state index contributed by atoms with van der Waals surface area (Å²) in [6.45, 7) is 0. The summed E-state index contributed by atoms with van der Waals surface area (Å²) in [5.74, 6) is 1.28. The van der Waals surface area contributed by atoms with Gasteiger partial charge in [-0.15, -0.1) is 11.3 Å².